The molecule has 112 valence electrons. The van der Waals surface area contributed by atoms with Crippen molar-refractivity contribution in [2.24, 2.45) is 5.10 Å². The van der Waals surface area contributed by atoms with Crippen LogP contribution in [-0.4, -0.2) is 17.8 Å². The minimum Gasteiger partial charge on any atom is -0.493 e. The predicted octanol–water partition coefficient (Wildman–Crippen LogP) is 4.38. The van der Waals surface area contributed by atoms with Gasteiger partial charge in [-0.2, -0.15) is 5.10 Å². The molecule has 0 bridgehead atoms. The molecule has 0 aliphatic rings. The van der Waals surface area contributed by atoms with Crippen LogP contribution < -0.4 is 10.2 Å². The number of anilines is 1. The van der Waals surface area contributed by atoms with Crippen LogP contribution in [0.15, 0.2) is 28.7 Å². The van der Waals surface area contributed by atoms with E-state index in [-0.39, 0.29) is 0 Å². The van der Waals surface area contributed by atoms with Gasteiger partial charge in [0, 0.05) is 10.9 Å². The van der Waals surface area contributed by atoms with Gasteiger partial charge in [0.05, 0.1) is 18.5 Å². The van der Waals surface area contributed by atoms with Crippen LogP contribution in [0.1, 0.15) is 36.6 Å². The molecule has 2 rings (SSSR count). The van der Waals surface area contributed by atoms with Crippen LogP contribution in [0.25, 0.3) is 0 Å². The Morgan fingerprint density at radius 3 is 2.95 bits per heavy atom. The van der Waals surface area contributed by atoms with Crippen LogP contribution in [0.5, 0.6) is 5.75 Å². The van der Waals surface area contributed by atoms with Crippen LogP contribution in [0.3, 0.4) is 0 Å². The van der Waals surface area contributed by atoms with Gasteiger partial charge in [-0.25, -0.2) is 4.98 Å². The lowest BCUT2D eigenvalue weighted by molar-refractivity contribution is 0.309. The number of thiazole rings is 1. The van der Waals surface area contributed by atoms with Gasteiger partial charge in [0.15, 0.2) is 0 Å². The molecule has 4 nitrogen and oxygen atoms in total. The van der Waals surface area contributed by atoms with Crippen LogP contribution in [-0.2, 0) is 0 Å². The molecule has 0 radical (unpaired) electrons. The molecule has 2 aromatic rings. The number of nitrogens with one attached hydrogen (secondary N) is 1. The van der Waals surface area contributed by atoms with Crippen molar-refractivity contribution in [2.75, 3.05) is 12.0 Å². The first kappa shape index (κ1) is 15.5. The molecule has 1 N–H and O–H groups in total. The van der Waals surface area contributed by atoms with Crippen LogP contribution in [0, 0.1) is 13.8 Å². The van der Waals surface area contributed by atoms with E-state index in [9.17, 15) is 0 Å². The number of aryl methyl sites for hydroxylation is 2. The summed E-state index contributed by atoms with van der Waals surface area (Å²) in [6.45, 7) is 6.91. The summed E-state index contributed by atoms with van der Waals surface area (Å²) in [7, 11) is 0. The van der Waals surface area contributed by atoms with Gasteiger partial charge in [-0.3, -0.25) is 5.43 Å². The molecule has 0 saturated heterocycles. The molecule has 0 amide bonds. The van der Waals surface area contributed by atoms with Gasteiger partial charge in [-0.1, -0.05) is 25.0 Å². The Hall–Kier alpha value is -1.88. The number of unbranched alkanes of at least 4 members (excludes halogenated alkanes) is 1. The number of hydrogen-bond acceptors (Lipinski definition) is 5. The van der Waals surface area contributed by atoms with Crippen molar-refractivity contribution in [2.45, 2.75) is 33.6 Å². The lowest BCUT2D eigenvalue weighted by Crippen LogP contribution is -2.00. The average molecular weight is 303 g/mol. The van der Waals surface area contributed by atoms with E-state index in [0.717, 1.165) is 41.6 Å². The van der Waals surface area contributed by atoms with Gasteiger partial charge < -0.3 is 4.74 Å². The van der Waals surface area contributed by atoms with Crippen molar-refractivity contribution in [1.82, 2.24) is 4.98 Å². The zero-order chi connectivity index (χ0) is 15.1. The Bertz CT molecular complexity index is 607. The highest BCUT2D eigenvalue weighted by atomic mass is 32.1. The fraction of sp³-hybridized carbons (Fsp3) is 0.375. The van der Waals surface area contributed by atoms with E-state index in [1.807, 2.05) is 18.4 Å². The molecular weight excluding hydrogens is 282 g/mol. The van der Waals surface area contributed by atoms with Crippen LogP contribution in [0.2, 0.25) is 0 Å². The van der Waals surface area contributed by atoms with E-state index in [1.165, 1.54) is 5.56 Å². The molecular formula is C16H21N3OS. The molecule has 0 spiro atoms. The SMILES string of the molecule is CCCCOc1ccc(C)cc1C=NNc1nc(C)cs1. The maximum absolute atomic E-state index is 5.81. The largest absolute Gasteiger partial charge is 0.493 e. The Balaban J connectivity index is 2.04. The summed E-state index contributed by atoms with van der Waals surface area (Å²) in [6, 6.07) is 6.12. The lowest BCUT2D eigenvalue weighted by atomic mass is 10.1. The Morgan fingerprint density at radius 2 is 2.24 bits per heavy atom. The first-order valence-electron chi connectivity index (χ1n) is 7.13. The van der Waals surface area contributed by atoms with Crippen molar-refractivity contribution in [3.63, 3.8) is 0 Å². The Morgan fingerprint density at radius 1 is 1.38 bits per heavy atom. The van der Waals surface area contributed by atoms with E-state index < -0.39 is 0 Å². The zero-order valence-electron chi connectivity index (χ0n) is 12.7. The van der Waals surface area contributed by atoms with Crippen molar-refractivity contribution in [3.8, 4) is 5.75 Å². The highest BCUT2D eigenvalue weighted by Crippen LogP contribution is 2.19. The van der Waals surface area contributed by atoms with E-state index in [4.69, 9.17) is 4.74 Å². The van der Waals surface area contributed by atoms with Crippen molar-refractivity contribution in [3.05, 3.63) is 40.4 Å². The Kier molecular flexibility index (Phi) is 5.75. The highest BCUT2D eigenvalue weighted by molar-refractivity contribution is 7.13. The van der Waals surface area contributed by atoms with E-state index in [2.05, 4.69) is 41.5 Å². The van der Waals surface area contributed by atoms with Crippen molar-refractivity contribution < 1.29 is 4.74 Å². The third-order valence-electron chi connectivity index (χ3n) is 2.90. The topological polar surface area (TPSA) is 46.5 Å². The van der Waals surface area contributed by atoms with Gasteiger partial charge in [-0.05, 0) is 32.4 Å². The normalized spacial score (nSPS) is 11.0. The molecule has 1 aromatic heterocycles. The van der Waals surface area contributed by atoms with Gasteiger partial charge >= 0.3 is 0 Å². The van der Waals surface area contributed by atoms with Gasteiger partial charge in [0.2, 0.25) is 5.13 Å². The van der Waals surface area contributed by atoms with E-state index in [1.54, 1.807) is 17.6 Å². The highest BCUT2D eigenvalue weighted by Gasteiger charge is 2.02. The minimum absolute atomic E-state index is 0.736. The molecule has 0 aliphatic heterocycles. The molecule has 0 saturated carbocycles. The summed E-state index contributed by atoms with van der Waals surface area (Å²) in [5.74, 6) is 0.870. The maximum atomic E-state index is 5.81. The smallest absolute Gasteiger partial charge is 0.203 e. The first-order chi connectivity index (χ1) is 10.2. The molecule has 0 unspecified atom stereocenters. The van der Waals surface area contributed by atoms with E-state index >= 15 is 0 Å². The molecule has 5 heteroatoms. The third-order valence-corrected chi connectivity index (χ3v) is 3.77. The first-order valence-corrected chi connectivity index (χ1v) is 8.01. The molecule has 0 fully saturated rings. The number of nitrogens with zero attached hydrogens (tertiary/aromatic N) is 2. The quantitative estimate of drug-likeness (QED) is 0.469. The average Bonchev–Trinajstić information content (AvgIpc) is 2.87. The number of rotatable bonds is 7. The van der Waals surface area contributed by atoms with Crippen LogP contribution in [0.4, 0.5) is 5.13 Å². The Labute approximate surface area is 129 Å². The van der Waals surface area contributed by atoms with Gasteiger partial charge in [0.25, 0.3) is 0 Å². The van der Waals surface area contributed by atoms with Gasteiger partial charge in [0.1, 0.15) is 5.75 Å². The second kappa shape index (κ2) is 7.78. The summed E-state index contributed by atoms with van der Waals surface area (Å²) in [5.41, 5.74) is 6.11. The molecule has 0 atom stereocenters. The predicted molar refractivity (Wildman–Crippen MR) is 89.6 cm³/mol. The maximum Gasteiger partial charge on any atom is 0.203 e. The summed E-state index contributed by atoms with van der Waals surface area (Å²) in [4.78, 5) is 4.30. The summed E-state index contributed by atoms with van der Waals surface area (Å²) in [5, 5.41) is 7.03. The lowest BCUT2D eigenvalue weighted by Gasteiger charge is -2.09. The fourth-order valence-electron chi connectivity index (χ4n) is 1.79. The molecule has 1 aromatic carbocycles. The van der Waals surface area contributed by atoms with E-state index in [0.29, 0.717) is 0 Å². The number of hydrazone groups is 1. The second-order valence-corrected chi connectivity index (χ2v) is 5.77. The molecule has 1 heterocycles. The number of ether oxygens (including phenoxy) is 1. The minimum atomic E-state index is 0.736. The number of benzene rings is 1. The van der Waals surface area contributed by atoms with Gasteiger partial charge in [-0.15, -0.1) is 11.3 Å². The molecule has 21 heavy (non-hydrogen) atoms. The summed E-state index contributed by atoms with van der Waals surface area (Å²) in [6.07, 6.45) is 3.96. The monoisotopic (exact) mass is 303 g/mol. The zero-order valence-corrected chi connectivity index (χ0v) is 13.5. The second-order valence-electron chi connectivity index (χ2n) is 4.91. The van der Waals surface area contributed by atoms with Crippen molar-refractivity contribution in [1.29, 1.82) is 0 Å². The fourth-order valence-corrected chi connectivity index (χ4v) is 2.43. The number of hydrogen-bond donors (Lipinski definition) is 1. The summed E-state index contributed by atoms with van der Waals surface area (Å²) >= 11 is 1.54. The van der Waals surface area contributed by atoms with Crippen molar-refractivity contribution >= 4 is 22.7 Å². The number of aromatic nitrogens is 1. The standard InChI is InChI=1S/C16H21N3OS/c1-4-5-8-20-15-7-6-12(2)9-14(15)10-17-19-16-18-13(3)11-21-16/h6-7,9-11H,4-5,8H2,1-3H3,(H,18,19). The van der Waals surface area contributed by atoms with Crippen LogP contribution >= 0.6 is 11.3 Å². The third kappa shape index (κ3) is 4.86. The molecule has 0 aliphatic carbocycles. The summed E-state index contributed by atoms with van der Waals surface area (Å²) < 4.78 is 5.81.